The molecule has 19 heavy (non-hydrogen) atoms. The maximum Gasteiger partial charge on any atom is 0.420 e. The lowest BCUT2D eigenvalue weighted by Crippen LogP contribution is -2.07. The first-order valence-electron chi connectivity index (χ1n) is 4.80. The van der Waals surface area contributed by atoms with Crippen molar-refractivity contribution in [2.24, 2.45) is 0 Å². The highest BCUT2D eigenvalue weighted by Crippen LogP contribution is 2.39. The number of benzene rings is 1. The Morgan fingerprint density at radius 2 is 2.11 bits per heavy atom. The second-order valence-electron chi connectivity index (χ2n) is 3.36. The number of aromatic nitrogens is 1. The van der Waals surface area contributed by atoms with Gasteiger partial charge in [-0.1, -0.05) is 11.3 Å². The molecule has 0 radical (unpaired) electrons. The first kappa shape index (κ1) is 13.8. The molecule has 2 aromatic rings. The maximum absolute atomic E-state index is 12.9. The molecule has 98 valence electrons. The monoisotopic (exact) mass is 348 g/mol. The summed E-state index contributed by atoms with van der Waals surface area (Å²) < 4.78 is 44.2. The summed E-state index contributed by atoms with van der Waals surface area (Å²) in [5, 5.41) is 10.3. The van der Waals surface area contributed by atoms with Crippen LogP contribution in [0.25, 0.3) is 0 Å². The summed E-state index contributed by atoms with van der Waals surface area (Å²) in [4.78, 5) is 3.85. The van der Waals surface area contributed by atoms with Crippen LogP contribution in [-0.2, 0) is 6.18 Å². The van der Waals surface area contributed by atoms with Gasteiger partial charge in [0.2, 0.25) is 0 Å². The van der Waals surface area contributed by atoms with E-state index < -0.39 is 11.7 Å². The van der Waals surface area contributed by atoms with Crippen molar-refractivity contribution >= 4 is 27.3 Å². The Balaban J connectivity index is 2.42. The van der Waals surface area contributed by atoms with Gasteiger partial charge in [-0.15, -0.1) is 0 Å². The smallest absolute Gasteiger partial charge is 0.420 e. The number of ether oxygens (including phenoxy) is 1. The van der Waals surface area contributed by atoms with Crippen molar-refractivity contribution < 1.29 is 17.9 Å². The van der Waals surface area contributed by atoms with E-state index in [9.17, 15) is 13.2 Å². The van der Waals surface area contributed by atoms with Crippen molar-refractivity contribution in [1.29, 1.82) is 5.26 Å². The Hall–Kier alpha value is -1.59. The molecule has 3 nitrogen and oxygen atoms in total. The third kappa shape index (κ3) is 3.24. The Bertz CT molecular complexity index is 648. The zero-order chi connectivity index (χ0) is 14.0. The third-order valence-corrected chi connectivity index (χ3v) is 3.49. The third-order valence-electron chi connectivity index (χ3n) is 2.07. The van der Waals surface area contributed by atoms with Gasteiger partial charge in [-0.2, -0.15) is 23.4 Å². The summed E-state index contributed by atoms with van der Waals surface area (Å²) >= 11 is 4.14. The number of hydrogen-bond acceptors (Lipinski definition) is 4. The van der Waals surface area contributed by atoms with Crippen LogP contribution in [0.3, 0.4) is 0 Å². The predicted molar refractivity (Wildman–Crippen MR) is 66.0 cm³/mol. The summed E-state index contributed by atoms with van der Waals surface area (Å²) in [6.07, 6.45) is -4.60. The Morgan fingerprint density at radius 1 is 1.37 bits per heavy atom. The van der Waals surface area contributed by atoms with E-state index in [2.05, 4.69) is 20.9 Å². The molecule has 0 atom stereocenters. The first-order chi connectivity index (χ1) is 8.90. The van der Waals surface area contributed by atoms with E-state index in [1.165, 1.54) is 6.07 Å². The molecule has 2 rings (SSSR count). The van der Waals surface area contributed by atoms with Gasteiger partial charge in [-0.3, -0.25) is 0 Å². The van der Waals surface area contributed by atoms with Crippen LogP contribution in [0.2, 0.25) is 0 Å². The molecule has 1 aromatic carbocycles. The second-order valence-corrected chi connectivity index (χ2v) is 4.99. The van der Waals surface area contributed by atoms with Crippen molar-refractivity contribution in [3.05, 3.63) is 39.3 Å². The van der Waals surface area contributed by atoms with Gasteiger partial charge < -0.3 is 4.74 Å². The van der Waals surface area contributed by atoms with E-state index in [0.29, 0.717) is 4.60 Å². The van der Waals surface area contributed by atoms with Crippen LogP contribution in [0, 0.1) is 11.3 Å². The molecule has 0 N–H and O–H groups in total. The van der Waals surface area contributed by atoms with Gasteiger partial charge in [0.1, 0.15) is 10.4 Å². The zero-order valence-corrected chi connectivity index (χ0v) is 11.4. The number of hydrogen-bond donors (Lipinski definition) is 0. The molecule has 1 heterocycles. The molecule has 0 fully saturated rings. The maximum atomic E-state index is 12.9. The number of rotatable bonds is 2. The van der Waals surface area contributed by atoms with Crippen LogP contribution in [-0.4, -0.2) is 4.98 Å². The highest BCUT2D eigenvalue weighted by Gasteiger charge is 2.35. The van der Waals surface area contributed by atoms with Crippen LogP contribution >= 0.6 is 27.3 Å². The van der Waals surface area contributed by atoms with E-state index >= 15 is 0 Å². The zero-order valence-electron chi connectivity index (χ0n) is 9.03. The molecule has 0 amide bonds. The van der Waals surface area contributed by atoms with Crippen LogP contribution in [0.4, 0.5) is 13.2 Å². The molecule has 0 aliphatic heterocycles. The molecular formula is C11H4BrF3N2OS. The fraction of sp³-hybridized carbons (Fsp3) is 0.0909. The van der Waals surface area contributed by atoms with Gasteiger partial charge in [0.05, 0.1) is 17.2 Å². The molecule has 0 saturated heterocycles. The first-order valence-corrected chi connectivity index (χ1v) is 6.47. The number of halogens is 4. The van der Waals surface area contributed by atoms with Crippen LogP contribution in [0.1, 0.15) is 11.1 Å². The second kappa shape index (κ2) is 5.19. The van der Waals surface area contributed by atoms with Gasteiger partial charge in [0, 0.05) is 5.38 Å². The molecule has 0 aliphatic carbocycles. The molecule has 0 spiro atoms. The summed E-state index contributed by atoms with van der Waals surface area (Å²) in [6.45, 7) is 0. The van der Waals surface area contributed by atoms with Crippen molar-refractivity contribution in [2.45, 2.75) is 6.18 Å². The summed E-state index contributed by atoms with van der Waals surface area (Å²) in [5.74, 6) is -0.381. The molecule has 1 aromatic heterocycles. The summed E-state index contributed by atoms with van der Waals surface area (Å²) in [7, 11) is 0. The predicted octanol–water partition coefficient (Wildman–Crippen LogP) is 4.59. The van der Waals surface area contributed by atoms with E-state index in [-0.39, 0.29) is 16.5 Å². The number of nitriles is 1. The van der Waals surface area contributed by atoms with E-state index in [1.807, 2.05) is 0 Å². The minimum atomic E-state index is -4.60. The summed E-state index contributed by atoms with van der Waals surface area (Å²) in [5.41, 5.74) is -1.09. The lowest BCUT2D eigenvalue weighted by Gasteiger charge is -2.12. The Labute approximate surface area is 118 Å². The number of thiazole rings is 1. The van der Waals surface area contributed by atoms with Crippen LogP contribution in [0.5, 0.6) is 10.9 Å². The normalized spacial score (nSPS) is 11.1. The van der Waals surface area contributed by atoms with E-state index in [0.717, 1.165) is 23.5 Å². The van der Waals surface area contributed by atoms with Gasteiger partial charge >= 0.3 is 6.18 Å². The van der Waals surface area contributed by atoms with Gasteiger partial charge in [0.15, 0.2) is 0 Å². The fourth-order valence-electron chi connectivity index (χ4n) is 1.29. The number of alkyl halides is 3. The Morgan fingerprint density at radius 3 is 2.63 bits per heavy atom. The quantitative estimate of drug-likeness (QED) is 0.797. The molecule has 8 heteroatoms. The van der Waals surface area contributed by atoms with Crippen molar-refractivity contribution in [1.82, 2.24) is 4.98 Å². The van der Waals surface area contributed by atoms with Gasteiger partial charge in [0.25, 0.3) is 5.19 Å². The largest absolute Gasteiger partial charge is 0.430 e. The SMILES string of the molecule is N#Cc1ccc(Oc2nc(Br)cs2)c(C(F)(F)F)c1. The van der Waals surface area contributed by atoms with E-state index in [1.54, 1.807) is 11.4 Å². The fourth-order valence-corrected chi connectivity index (χ4v) is 2.39. The highest BCUT2D eigenvalue weighted by molar-refractivity contribution is 9.10. The lowest BCUT2D eigenvalue weighted by molar-refractivity contribution is -0.138. The summed E-state index contributed by atoms with van der Waals surface area (Å²) in [6, 6.07) is 4.77. The van der Waals surface area contributed by atoms with Gasteiger partial charge in [-0.25, -0.2) is 0 Å². The standard InChI is InChI=1S/C11H4BrF3N2OS/c12-9-5-19-10(17-9)18-8-2-1-6(4-16)3-7(8)11(13,14)15/h1-3,5H. The number of nitrogens with zero attached hydrogens (tertiary/aromatic N) is 2. The van der Waals surface area contributed by atoms with Crippen molar-refractivity contribution in [3.63, 3.8) is 0 Å². The molecule has 0 saturated carbocycles. The van der Waals surface area contributed by atoms with Crippen LogP contribution in [0.15, 0.2) is 28.2 Å². The minimum Gasteiger partial charge on any atom is -0.430 e. The average molecular weight is 349 g/mol. The van der Waals surface area contributed by atoms with E-state index in [4.69, 9.17) is 10.00 Å². The van der Waals surface area contributed by atoms with Crippen molar-refractivity contribution in [2.75, 3.05) is 0 Å². The lowest BCUT2D eigenvalue weighted by atomic mass is 10.1. The molecule has 0 unspecified atom stereocenters. The Kier molecular flexibility index (Phi) is 3.78. The topological polar surface area (TPSA) is 45.9 Å². The van der Waals surface area contributed by atoms with Crippen LogP contribution < -0.4 is 4.74 Å². The highest BCUT2D eigenvalue weighted by atomic mass is 79.9. The average Bonchev–Trinajstić information content (AvgIpc) is 2.74. The molecular weight excluding hydrogens is 345 g/mol. The molecule has 0 aliphatic rings. The van der Waals surface area contributed by atoms with Crippen molar-refractivity contribution in [3.8, 4) is 17.0 Å². The van der Waals surface area contributed by atoms with Gasteiger partial charge in [-0.05, 0) is 34.1 Å². The molecule has 0 bridgehead atoms. The minimum absolute atomic E-state index is 0.0833.